The minimum absolute atomic E-state index is 0.134. The van der Waals surface area contributed by atoms with E-state index in [9.17, 15) is 4.79 Å². The number of amides is 1. The van der Waals surface area contributed by atoms with Gasteiger partial charge in [0.15, 0.2) is 0 Å². The van der Waals surface area contributed by atoms with Crippen LogP contribution >= 0.6 is 0 Å². The van der Waals surface area contributed by atoms with Gasteiger partial charge < -0.3 is 10.1 Å². The number of allylic oxidation sites excluding steroid dienone is 3. The minimum atomic E-state index is -0.134. The summed E-state index contributed by atoms with van der Waals surface area (Å²) in [6, 6.07) is 16.8. The first kappa shape index (κ1) is 18.1. The van der Waals surface area contributed by atoms with Crippen LogP contribution in [-0.2, 0) is 6.54 Å². The number of pyridine rings is 1. The Kier molecular flexibility index (Phi) is 5.80. The van der Waals surface area contributed by atoms with Crippen LogP contribution < -0.4 is 10.1 Å². The van der Waals surface area contributed by atoms with Crippen LogP contribution in [0.2, 0.25) is 0 Å². The van der Waals surface area contributed by atoms with Gasteiger partial charge in [-0.15, -0.1) is 0 Å². The van der Waals surface area contributed by atoms with E-state index in [2.05, 4.69) is 23.5 Å². The number of hydrogen-bond donors (Lipinski definition) is 1. The van der Waals surface area contributed by atoms with E-state index < -0.39 is 0 Å². The van der Waals surface area contributed by atoms with Gasteiger partial charge in [-0.05, 0) is 54.1 Å². The van der Waals surface area contributed by atoms with E-state index in [4.69, 9.17) is 4.74 Å². The molecule has 1 N–H and O–H groups in total. The van der Waals surface area contributed by atoms with Crippen molar-refractivity contribution in [3.63, 3.8) is 0 Å². The van der Waals surface area contributed by atoms with Crippen LogP contribution in [0, 0.1) is 0 Å². The summed E-state index contributed by atoms with van der Waals surface area (Å²) >= 11 is 0. The van der Waals surface area contributed by atoms with Crippen molar-refractivity contribution in [2.75, 3.05) is 0 Å². The number of fused-ring (bicyclic) bond motifs is 1. The molecule has 1 heterocycles. The predicted molar refractivity (Wildman–Crippen MR) is 108 cm³/mol. The molecule has 0 atom stereocenters. The number of benzene rings is 2. The third-order valence-corrected chi connectivity index (χ3v) is 3.94. The van der Waals surface area contributed by atoms with Gasteiger partial charge >= 0.3 is 0 Å². The highest BCUT2D eigenvalue weighted by Crippen LogP contribution is 2.17. The molecule has 4 heteroatoms. The number of nitrogens with one attached hydrogen (secondary N) is 1. The Bertz CT molecular complexity index is 1020. The van der Waals surface area contributed by atoms with Gasteiger partial charge in [0, 0.05) is 23.7 Å². The van der Waals surface area contributed by atoms with E-state index in [1.54, 1.807) is 30.5 Å². The predicted octanol–water partition coefficient (Wildman–Crippen LogP) is 4.80. The fourth-order valence-electron chi connectivity index (χ4n) is 2.62. The molecule has 0 bridgehead atoms. The minimum Gasteiger partial charge on any atom is -0.457 e. The van der Waals surface area contributed by atoms with Gasteiger partial charge in [-0.1, -0.05) is 37.4 Å². The molecule has 3 rings (SSSR count). The fourth-order valence-corrected chi connectivity index (χ4v) is 2.62. The van der Waals surface area contributed by atoms with E-state index in [0.717, 1.165) is 16.5 Å². The van der Waals surface area contributed by atoms with Gasteiger partial charge in [-0.25, -0.2) is 0 Å². The molecular weight excluding hydrogens is 336 g/mol. The lowest BCUT2D eigenvalue weighted by molar-refractivity contribution is 0.0951. The van der Waals surface area contributed by atoms with E-state index >= 15 is 0 Å². The number of carbonyl (C=O) groups is 1. The molecule has 4 nitrogen and oxygen atoms in total. The quantitative estimate of drug-likeness (QED) is 0.489. The SMILES string of the molecule is C=C/C=C(\C=C)Oc1cccc(CNC(=O)c2ccc3ncccc3c2)c1. The van der Waals surface area contributed by atoms with Crippen molar-refractivity contribution in [3.05, 3.63) is 109 Å². The first-order valence-electron chi connectivity index (χ1n) is 8.54. The number of ether oxygens (including phenoxy) is 1. The van der Waals surface area contributed by atoms with Gasteiger partial charge in [0.1, 0.15) is 11.5 Å². The summed E-state index contributed by atoms with van der Waals surface area (Å²) in [6.07, 6.45) is 6.72. The molecule has 2 aromatic carbocycles. The molecule has 0 fully saturated rings. The molecule has 0 aliphatic heterocycles. The van der Waals surface area contributed by atoms with Crippen LogP contribution in [0.3, 0.4) is 0 Å². The summed E-state index contributed by atoms with van der Waals surface area (Å²) in [4.78, 5) is 16.7. The molecule has 0 aliphatic carbocycles. The molecule has 1 aromatic heterocycles. The maximum absolute atomic E-state index is 12.5. The summed E-state index contributed by atoms with van der Waals surface area (Å²) in [5, 5.41) is 3.87. The van der Waals surface area contributed by atoms with Crippen molar-refractivity contribution in [1.82, 2.24) is 10.3 Å². The summed E-state index contributed by atoms with van der Waals surface area (Å²) in [5.74, 6) is 1.15. The smallest absolute Gasteiger partial charge is 0.251 e. The highest BCUT2D eigenvalue weighted by Gasteiger charge is 2.07. The van der Waals surface area contributed by atoms with Gasteiger partial charge in [0.05, 0.1) is 5.52 Å². The Morgan fingerprint density at radius 1 is 1.11 bits per heavy atom. The fraction of sp³-hybridized carbons (Fsp3) is 0.0435. The number of aromatic nitrogens is 1. The third kappa shape index (κ3) is 4.70. The largest absolute Gasteiger partial charge is 0.457 e. The van der Waals surface area contributed by atoms with Crippen molar-refractivity contribution in [1.29, 1.82) is 0 Å². The summed E-state index contributed by atoms with van der Waals surface area (Å²) < 4.78 is 5.74. The second-order valence-corrected chi connectivity index (χ2v) is 5.85. The zero-order valence-electron chi connectivity index (χ0n) is 14.9. The van der Waals surface area contributed by atoms with E-state index in [-0.39, 0.29) is 5.91 Å². The van der Waals surface area contributed by atoms with Gasteiger partial charge in [-0.3, -0.25) is 9.78 Å². The van der Waals surface area contributed by atoms with Crippen molar-refractivity contribution < 1.29 is 9.53 Å². The summed E-state index contributed by atoms with van der Waals surface area (Å²) in [6.45, 7) is 7.76. The average Bonchev–Trinajstić information content (AvgIpc) is 2.71. The molecular formula is C23H20N2O2. The topological polar surface area (TPSA) is 51.2 Å². The van der Waals surface area contributed by atoms with Crippen LogP contribution in [0.1, 0.15) is 15.9 Å². The number of nitrogens with zero attached hydrogens (tertiary/aromatic N) is 1. The second kappa shape index (κ2) is 8.63. The Morgan fingerprint density at radius 2 is 2.00 bits per heavy atom. The first-order chi connectivity index (χ1) is 13.2. The highest BCUT2D eigenvalue weighted by atomic mass is 16.5. The molecule has 0 radical (unpaired) electrons. The lowest BCUT2D eigenvalue weighted by Crippen LogP contribution is -2.22. The van der Waals surface area contributed by atoms with E-state index in [1.165, 1.54) is 0 Å². The maximum atomic E-state index is 12.5. The molecule has 0 spiro atoms. The first-order valence-corrected chi connectivity index (χ1v) is 8.54. The Morgan fingerprint density at radius 3 is 2.81 bits per heavy atom. The van der Waals surface area contributed by atoms with Crippen molar-refractivity contribution in [2.24, 2.45) is 0 Å². The van der Waals surface area contributed by atoms with Gasteiger partial charge in [0.25, 0.3) is 5.91 Å². The zero-order chi connectivity index (χ0) is 19.1. The van der Waals surface area contributed by atoms with E-state index in [0.29, 0.717) is 23.6 Å². The van der Waals surface area contributed by atoms with Crippen LogP contribution in [-0.4, -0.2) is 10.9 Å². The third-order valence-electron chi connectivity index (χ3n) is 3.94. The van der Waals surface area contributed by atoms with Crippen LogP contribution in [0.5, 0.6) is 5.75 Å². The van der Waals surface area contributed by atoms with Crippen molar-refractivity contribution in [2.45, 2.75) is 6.54 Å². The lowest BCUT2D eigenvalue weighted by atomic mass is 10.1. The second-order valence-electron chi connectivity index (χ2n) is 5.85. The number of carbonyl (C=O) groups excluding carboxylic acids is 1. The standard InChI is InChI=1S/C23H20N2O2/c1-3-7-20(4-2)27-21-10-5-8-17(14-21)16-25-23(26)19-11-12-22-18(15-19)9-6-13-24-22/h3-15H,1-2,16H2,(H,25,26)/b20-7+. The Labute approximate surface area is 158 Å². The number of rotatable bonds is 7. The molecule has 0 unspecified atom stereocenters. The molecule has 0 saturated heterocycles. The molecule has 27 heavy (non-hydrogen) atoms. The maximum Gasteiger partial charge on any atom is 0.251 e. The molecule has 0 saturated carbocycles. The molecule has 0 aliphatic rings. The van der Waals surface area contributed by atoms with Gasteiger partial charge in [0.2, 0.25) is 0 Å². The van der Waals surface area contributed by atoms with E-state index in [1.807, 2.05) is 48.5 Å². The van der Waals surface area contributed by atoms with Gasteiger partial charge in [-0.2, -0.15) is 0 Å². The number of hydrogen-bond acceptors (Lipinski definition) is 3. The molecule has 1 amide bonds. The van der Waals surface area contributed by atoms with Crippen molar-refractivity contribution in [3.8, 4) is 5.75 Å². The highest BCUT2D eigenvalue weighted by molar-refractivity contribution is 5.97. The average molecular weight is 356 g/mol. The summed E-state index contributed by atoms with van der Waals surface area (Å²) in [7, 11) is 0. The molecule has 3 aromatic rings. The Hall–Kier alpha value is -3.66. The lowest BCUT2D eigenvalue weighted by Gasteiger charge is -2.09. The van der Waals surface area contributed by atoms with Crippen LogP contribution in [0.15, 0.2) is 97.9 Å². The molecule has 134 valence electrons. The van der Waals surface area contributed by atoms with Crippen LogP contribution in [0.4, 0.5) is 0 Å². The normalized spacial score (nSPS) is 11.0. The zero-order valence-corrected chi connectivity index (χ0v) is 14.9. The summed E-state index contributed by atoms with van der Waals surface area (Å²) in [5.41, 5.74) is 2.40. The monoisotopic (exact) mass is 356 g/mol. The Balaban J connectivity index is 1.67. The van der Waals surface area contributed by atoms with Crippen LogP contribution in [0.25, 0.3) is 10.9 Å². The van der Waals surface area contributed by atoms with Crippen molar-refractivity contribution >= 4 is 16.8 Å².